The maximum Gasteiger partial charge on any atom is 0.268 e. The van der Waals surface area contributed by atoms with Gasteiger partial charge in [-0.3, -0.25) is 4.72 Å². The number of hydrogen-bond acceptors (Lipinski definition) is 5. The van der Waals surface area contributed by atoms with E-state index in [1.807, 2.05) is 0 Å². The Hall–Kier alpha value is -2.60. The van der Waals surface area contributed by atoms with Crippen LogP contribution < -0.4 is 14.2 Å². The van der Waals surface area contributed by atoms with Crippen molar-refractivity contribution in [2.45, 2.75) is 4.90 Å². The molecule has 6 nitrogen and oxygen atoms in total. The summed E-state index contributed by atoms with van der Waals surface area (Å²) in [7, 11) is -3.87. The summed E-state index contributed by atoms with van der Waals surface area (Å²) in [6.07, 6.45) is 0. The van der Waals surface area contributed by atoms with Gasteiger partial charge in [-0.1, -0.05) is 0 Å². The van der Waals surface area contributed by atoms with E-state index >= 15 is 0 Å². The molecule has 1 N–H and O–H groups in total. The first kappa shape index (κ1) is 21.1. The Kier molecular flexibility index (Phi) is 5.85. The van der Waals surface area contributed by atoms with Gasteiger partial charge in [0.1, 0.15) is 0 Å². The molecule has 29 heavy (non-hydrogen) atoms. The van der Waals surface area contributed by atoms with Gasteiger partial charge < -0.3 is 14.2 Å². The monoisotopic (exact) mass is 439 g/mol. The van der Waals surface area contributed by atoms with E-state index in [0.717, 1.165) is 12.1 Å². The predicted octanol–water partition coefficient (Wildman–Crippen LogP) is 3.22. The van der Waals surface area contributed by atoms with Crippen LogP contribution in [0.5, 0.6) is 11.5 Å². The summed E-state index contributed by atoms with van der Waals surface area (Å²) >= 11 is 0. The van der Waals surface area contributed by atoms with Gasteiger partial charge in [-0.05, 0) is 12.1 Å². The summed E-state index contributed by atoms with van der Waals surface area (Å²) < 4.78 is 111. The molecular weight excluding hydrogens is 425 g/mol. The molecule has 12 heteroatoms. The van der Waals surface area contributed by atoms with E-state index in [4.69, 9.17) is 9.47 Å². The summed E-state index contributed by atoms with van der Waals surface area (Å²) in [6, 6.07) is 2.85. The number of ether oxygens (including phenoxy) is 3. The van der Waals surface area contributed by atoms with Crippen LogP contribution in [0.2, 0.25) is 0 Å². The minimum atomic E-state index is -5.04. The molecule has 0 spiro atoms. The topological polar surface area (TPSA) is 73.9 Å². The lowest BCUT2D eigenvalue weighted by Crippen LogP contribution is -2.33. The molecule has 1 saturated heterocycles. The van der Waals surface area contributed by atoms with Crippen LogP contribution in [-0.4, -0.2) is 35.3 Å². The highest BCUT2D eigenvalue weighted by Crippen LogP contribution is 2.36. The van der Waals surface area contributed by atoms with E-state index < -0.39 is 55.4 Å². The minimum absolute atomic E-state index is 0.204. The van der Waals surface area contributed by atoms with Crippen LogP contribution in [0, 0.1) is 35.0 Å². The van der Waals surface area contributed by atoms with Crippen molar-refractivity contribution in [2.75, 3.05) is 31.7 Å². The summed E-state index contributed by atoms with van der Waals surface area (Å²) in [5, 5.41) is 0. The highest BCUT2D eigenvalue weighted by Gasteiger charge is 2.35. The molecule has 0 atom stereocenters. The Morgan fingerprint density at radius 2 is 1.72 bits per heavy atom. The Labute approximate surface area is 162 Å². The van der Waals surface area contributed by atoms with Crippen molar-refractivity contribution in [3.63, 3.8) is 0 Å². The number of sulfonamides is 1. The van der Waals surface area contributed by atoms with Gasteiger partial charge in [-0.25, -0.2) is 26.0 Å². The average molecular weight is 439 g/mol. The third-order valence-corrected chi connectivity index (χ3v) is 5.43. The molecule has 0 saturated carbocycles. The zero-order valence-corrected chi connectivity index (χ0v) is 15.6. The van der Waals surface area contributed by atoms with Crippen LogP contribution in [0.4, 0.5) is 27.6 Å². The van der Waals surface area contributed by atoms with Gasteiger partial charge >= 0.3 is 0 Å². The Balaban J connectivity index is 2.03. The van der Waals surface area contributed by atoms with Crippen molar-refractivity contribution < 1.29 is 44.6 Å². The molecule has 3 rings (SSSR count). The molecule has 0 bridgehead atoms. The van der Waals surface area contributed by atoms with Crippen LogP contribution in [0.15, 0.2) is 23.1 Å². The first-order chi connectivity index (χ1) is 13.7. The number of hydrogen-bond donors (Lipinski definition) is 1. The molecule has 2 aromatic carbocycles. The molecule has 0 radical (unpaired) electrons. The largest absolute Gasteiger partial charge is 0.494 e. The van der Waals surface area contributed by atoms with E-state index in [9.17, 15) is 30.4 Å². The van der Waals surface area contributed by atoms with Crippen molar-refractivity contribution in [1.82, 2.24) is 0 Å². The second kappa shape index (κ2) is 8.03. The van der Waals surface area contributed by atoms with Gasteiger partial charge in [-0.15, -0.1) is 0 Å². The SMILES string of the molecule is COc1ccc(NS(=O)(=O)c2c(F)c(F)c(F)c(F)c2OCC2COC2)cc1F. The fourth-order valence-corrected chi connectivity index (χ4v) is 3.74. The minimum Gasteiger partial charge on any atom is -0.494 e. The van der Waals surface area contributed by atoms with E-state index in [0.29, 0.717) is 6.07 Å². The maximum atomic E-state index is 14.3. The number of anilines is 1. The second-order valence-corrected chi connectivity index (χ2v) is 7.70. The Bertz CT molecular complexity index is 1040. The molecule has 1 aliphatic rings. The number of halogens is 5. The molecule has 0 amide bonds. The third kappa shape index (κ3) is 4.08. The molecule has 0 unspecified atom stereocenters. The van der Waals surface area contributed by atoms with Gasteiger partial charge in [0, 0.05) is 12.0 Å². The van der Waals surface area contributed by atoms with Crippen LogP contribution in [0.25, 0.3) is 0 Å². The summed E-state index contributed by atoms with van der Waals surface area (Å²) in [5.74, 6) is -11.5. The molecule has 1 fully saturated rings. The summed E-state index contributed by atoms with van der Waals surface area (Å²) in [6.45, 7) is 0.125. The zero-order valence-electron chi connectivity index (χ0n) is 14.8. The van der Waals surface area contributed by atoms with E-state index in [1.54, 1.807) is 4.72 Å². The van der Waals surface area contributed by atoms with Crippen molar-refractivity contribution >= 4 is 15.7 Å². The first-order valence-corrected chi connectivity index (χ1v) is 9.56. The van der Waals surface area contributed by atoms with Crippen LogP contribution in [-0.2, 0) is 14.8 Å². The molecule has 158 valence electrons. The zero-order chi connectivity index (χ0) is 21.3. The number of rotatable bonds is 7. The fraction of sp³-hybridized carbons (Fsp3) is 0.294. The summed E-state index contributed by atoms with van der Waals surface area (Å²) in [5.41, 5.74) is -0.397. The third-order valence-electron chi connectivity index (χ3n) is 4.03. The van der Waals surface area contributed by atoms with Crippen molar-refractivity contribution in [3.05, 3.63) is 47.3 Å². The molecule has 0 aliphatic carbocycles. The Morgan fingerprint density at radius 1 is 1.07 bits per heavy atom. The van der Waals surface area contributed by atoms with E-state index in [2.05, 4.69) is 4.74 Å². The predicted molar refractivity (Wildman–Crippen MR) is 89.8 cm³/mol. The fourth-order valence-electron chi connectivity index (χ4n) is 2.48. The smallest absolute Gasteiger partial charge is 0.268 e. The normalized spacial score (nSPS) is 14.4. The van der Waals surface area contributed by atoms with Gasteiger partial charge in [0.2, 0.25) is 11.6 Å². The summed E-state index contributed by atoms with van der Waals surface area (Å²) in [4.78, 5) is -1.58. The van der Waals surface area contributed by atoms with Gasteiger partial charge in [0.15, 0.2) is 33.8 Å². The van der Waals surface area contributed by atoms with Crippen LogP contribution in [0.1, 0.15) is 0 Å². The lowest BCUT2D eigenvalue weighted by atomic mass is 10.1. The molecular formula is C17H14F5NO5S. The molecule has 1 aliphatic heterocycles. The number of nitrogens with one attached hydrogen (secondary N) is 1. The maximum absolute atomic E-state index is 14.3. The van der Waals surface area contributed by atoms with Gasteiger partial charge in [0.25, 0.3) is 10.0 Å². The lowest BCUT2D eigenvalue weighted by molar-refractivity contribution is -0.0518. The molecule has 2 aromatic rings. The number of methoxy groups -OCH3 is 1. The van der Waals surface area contributed by atoms with Crippen molar-refractivity contribution in [2.24, 2.45) is 5.92 Å². The van der Waals surface area contributed by atoms with E-state index in [-0.39, 0.29) is 31.5 Å². The van der Waals surface area contributed by atoms with E-state index in [1.165, 1.54) is 7.11 Å². The highest BCUT2D eigenvalue weighted by molar-refractivity contribution is 7.92. The second-order valence-electron chi connectivity index (χ2n) is 6.08. The van der Waals surface area contributed by atoms with Crippen molar-refractivity contribution in [1.29, 1.82) is 0 Å². The van der Waals surface area contributed by atoms with Gasteiger partial charge in [-0.2, -0.15) is 4.39 Å². The average Bonchev–Trinajstić information content (AvgIpc) is 2.62. The first-order valence-electron chi connectivity index (χ1n) is 8.08. The standard InChI is InChI=1S/C17H14F5NO5S/c1-26-11-3-2-9(4-10(11)18)23-29(24,25)17-15(22)13(20)12(19)14(21)16(17)28-7-8-5-27-6-8/h2-4,8,23H,5-7H2,1H3. The quantitative estimate of drug-likeness (QED) is 0.408. The molecule has 1 heterocycles. The number of benzene rings is 2. The molecule has 0 aromatic heterocycles. The Morgan fingerprint density at radius 3 is 2.28 bits per heavy atom. The van der Waals surface area contributed by atoms with Crippen LogP contribution >= 0.6 is 0 Å². The van der Waals surface area contributed by atoms with Crippen molar-refractivity contribution in [3.8, 4) is 11.5 Å². The van der Waals surface area contributed by atoms with Gasteiger partial charge in [0.05, 0.1) is 32.6 Å². The lowest BCUT2D eigenvalue weighted by Gasteiger charge is -2.26. The van der Waals surface area contributed by atoms with Crippen LogP contribution in [0.3, 0.4) is 0 Å². The highest BCUT2D eigenvalue weighted by atomic mass is 32.2.